The molecule has 1 fully saturated rings. The van der Waals surface area contributed by atoms with Gasteiger partial charge in [0.25, 0.3) is 0 Å². The molecule has 2 heterocycles. The number of amides is 1. The van der Waals surface area contributed by atoms with Crippen LogP contribution in [0.25, 0.3) is 0 Å². The second-order valence-corrected chi connectivity index (χ2v) is 9.70. The Balaban J connectivity index is 1.57. The summed E-state index contributed by atoms with van der Waals surface area (Å²) in [7, 11) is 0.633. The third kappa shape index (κ3) is 4.45. The molecule has 1 aromatic heterocycles. The minimum Gasteiger partial charge on any atom is -0.341 e. The predicted molar refractivity (Wildman–Crippen MR) is 101 cm³/mol. The van der Waals surface area contributed by atoms with E-state index in [0.717, 1.165) is 5.56 Å². The highest BCUT2D eigenvalue weighted by molar-refractivity contribution is 7.99. The zero-order valence-electron chi connectivity index (χ0n) is 14.8. The third-order valence-corrected chi connectivity index (χ3v) is 7.25. The lowest BCUT2D eigenvalue weighted by atomic mass is 10.1. The van der Waals surface area contributed by atoms with Crippen LogP contribution in [0.15, 0.2) is 35.5 Å². The maximum atomic E-state index is 12.3. The number of aromatic nitrogens is 3. The average Bonchev–Trinajstić information content (AvgIpc) is 3.15. The summed E-state index contributed by atoms with van der Waals surface area (Å²) >= 11 is 1.32. The van der Waals surface area contributed by atoms with Gasteiger partial charge >= 0.3 is 0 Å². The quantitative estimate of drug-likeness (QED) is 0.690. The van der Waals surface area contributed by atoms with E-state index in [4.69, 9.17) is 0 Å². The smallest absolute Gasteiger partial charge is 0.233 e. The molecular weight excluding hydrogens is 372 g/mol. The molecule has 0 saturated carbocycles. The first-order chi connectivity index (χ1) is 12.4. The molecule has 1 amide bonds. The van der Waals surface area contributed by atoms with Crippen molar-refractivity contribution < 1.29 is 13.2 Å². The highest BCUT2D eigenvalue weighted by Gasteiger charge is 2.32. The van der Waals surface area contributed by atoms with Gasteiger partial charge in [0.2, 0.25) is 5.91 Å². The highest BCUT2D eigenvalue weighted by Crippen LogP contribution is 2.29. The Morgan fingerprint density at radius 2 is 2.04 bits per heavy atom. The Labute approximate surface area is 157 Å². The monoisotopic (exact) mass is 394 g/mol. The van der Waals surface area contributed by atoms with Crippen molar-refractivity contribution >= 4 is 27.5 Å². The molecule has 0 unspecified atom stereocenters. The van der Waals surface area contributed by atoms with Crippen molar-refractivity contribution in [3.63, 3.8) is 0 Å². The van der Waals surface area contributed by atoms with Crippen molar-refractivity contribution in [1.29, 1.82) is 0 Å². The van der Waals surface area contributed by atoms with Gasteiger partial charge in [-0.15, -0.1) is 10.2 Å². The molecule has 1 aromatic carbocycles. The van der Waals surface area contributed by atoms with E-state index in [1.165, 1.54) is 11.8 Å². The summed E-state index contributed by atoms with van der Waals surface area (Å²) in [5.41, 5.74) is 1.08. The summed E-state index contributed by atoms with van der Waals surface area (Å²) in [5.74, 6) is 1.17. The molecule has 0 spiro atoms. The van der Waals surface area contributed by atoms with Crippen molar-refractivity contribution in [1.82, 2.24) is 19.7 Å². The molecular formula is C17H22N4O3S2. The number of hydrogen-bond acceptors (Lipinski definition) is 6. The van der Waals surface area contributed by atoms with Crippen LogP contribution in [0, 0.1) is 0 Å². The molecule has 0 radical (unpaired) electrons. The maximum absolute atomic E-state index is 12.3. The molecule has 9 heteroatoms. The fraction of sp³-hybridized carbons (Fsp3) is 0.471. The number of hydrogen-bond donors (Lipinski definition) is 0. The van der Waals surface area contributed by atoms with Crippen LogP contribution < -0.4 is 0 Å². The Morgan fingerprint density at radius 1 is 1.31 bits per heavy atom. The van der Waals surface area contributed by atoms with Crippen molar-refractivity contribution in [2.75, 3.05) is 24.3 Å². The molecule has 1 aliphatic heterocycles. The van der Waals surface area contributed by atoms with Gasteiger partial charge < -0.3 is 9.47 Å². The summed E-state index contributed by atoms with van der Waals surface area (Å²) in [6, 6.07) is 9.82. The van der Waals surface area contributed by atoms with Crippen LogP contribution in [-0.2, 0) is 28.2 Å². The number of sulfone groups is 1. The summed E-state index contributed by atoms with van der Waals surface area (Å²) in [4.78, 5) is 14.0. The fourth-order valence-electron chi connectivity index (χ4n) is 2.99. The molecule has 1 saturated heterocycles. The van der Waals surface area contributed by atoms with E-state index in [0.29, 0.717) is 23.9 Å². The molecule has 140 valence electrons. The zero-order valence-corrected chi connectivity index (χ0v) is 16.5. The maximum Gasteiger partial charge on any atom is 0.233 e. The Hall–Kier alpha value is -1.87. The van der Waals surface area contributed by atoms with E-state index in [2.05, 4.69) is 10.2 Å². The van der Waals surface area contributed by atoms with Crippen LogP contribution in [0.2, 0.25) is 0 Å². The standard InChI is InChI=1S/C17H22N4O3S2/c1-20(10-13-6-4-3-5-7-13)15(22)11-25-17-19-18-16(21(17)2)14-8-9-26(23,24)12-14/h3-7,14H,8-12H2,1-2H3/t14-/m1/s1. The lowest BCUT2D eigenvalue weighted by molar-refractivity contribution is -0.127. The molecule has 0 N–H and O–H groups in total. The Bertz CT molecular complexity index is 881. The number of benzene rings is 1. The van der Waals surface area contributed by atoms with Crippen molar-refractivity contribution in [3.05, 3.63) is 41.7 Å². The van der Waals surface area contributed by atoms with Gasteiger partial charge in [0.15, 0.2) is 15.0 Å². The SMILES string of the molecule is CN(Cc1ccccc1)C(=O)CSc1nnc([C@@H]2CCS(=O)(=O)C2)n1C. The number of carbonyl (C=O) groups is 1. The predicted octanol–water partition coefficient (Wildman–Crippen LogP) is 1.47. The Kier molecular flexibility index (Phi) is 5.67. The van der Waals surface area contributed by atoms with Gasteiger partial charge in [0.05, 0.1) is 17.3 Å². The van der Waals surface area contributed by atoms with Crippen LogP contribution in [-0.4, -0.2) is 58.3 Å². The number of rotatable bonds is 6. The largest absolute Gasteiger partial charge is 0.341 e. The van der Waals surface area contributed by atoms with Gasteiger partial charge in [0.1, 0.15) is 5.82 Å². The molecule has 0 bridgehead atoms. The summed E-state index contributed by atoms with van der Waals surface area (Å²) in [6.07, 6.45) is 0.581. The molecule has 7 nitrogen and oxygen atoms in total. The van der Waals surface area contributed by atoms with E-state index in [1.807, 2.05) is 37.4 Å². The van der Waals surface area contributed by atoms with Gasteiger partial charge in [-0.1, -0.05) is 42.1 Å². The first kappa shape index (κ1) is 18.9. The van der Waals surface area contributed by atoms with Gasteiger partial charge in [-0.05, 0) is 12.0 Å². The minimum absolute atomic E-state index is 0.00634. The third-order valence-electron chi connectivity index (χ3n) is 4.48. The lowest BCUT2D eigenvalue weighted by Crippen LogP contribution is -2.27. The van der Waals surface area contributed by atoms with E-state index < -0.39 is 9.84 Å². The topological polar surface area (TPSA) is 85.2 Å². The van der Waals surface area contributed by atoms with Crippen LogP contribution in [0.5, 0.6) is 0 Å². The van der Waals surface area contributed by atoms with Gasteiger partial charge in [-0.3, -0.25) is 4.79 Å². The summed E-state index contributed by atoms with van der Waals surface area (Å²) in [5, 5.41) is 8.92. The molecule has 1 aliphatic rings. The average molecular weight is 395 g/mol. The van der Waals surface area contributed by atoms with Crippen molar-refractivity contribution in [2.45, 2.75) is 24.0 Å². The van der Waals surface area contributed by atoms with Crippen LogP contribution in [0.1, 0.15) is 23.7 Å². The highest BCUT2D eigenvalue weighted by atomic mass is 32.2. The van der Waals surface area contributed by atoms with E-state index in [-0.39, 0.29) is 29.1 Å². The van der Waals surface area contributed by atoms with E-state index in [9.17, 15) is 13.2 Å². The first-order valence-electron chi connectivity index (χ1n) is 8.36. The minimum atomic E-state index is -2.97. The molecule has 2 aromatic rings. The van der Waals surface area contributed by atoms with Gasteiger partial charge in [0, 0.05) is 26.6 Å². The fourth-order valence-corrected chi connectivity index (χ4v) is 5.59. The van der Waals surface area contributed by atoms with E-state index in [1.54, 1.807) is 16.5 Å². The van der Waals surface area contributed by atoms with Crippen molar-refractivity contribution in [2.24, 2.45) is 7.05 Å². The zero-order chi connectivity index (χ0) is 18.7. The second-order valence-electron chi connectivity index (χ2n) is 6.52. The second kappa shape index (κ2) is 7.79. The normalized spacial score (nSPS) is 18.8. The number of nitrogens with zero attached hydrogens (tertiary/aromatic N) is 4. The number of thioether (sulfide) groups is 1. The first-order valence-corrected chi connectivity index (χ1v) is 11.2. The van der Waals surface area contributed by atoms with E-state index >= 15 is 0 Å². The van der Waals surface area contributed by atoms with Crippen molar-refractivity contribution in [3.8, 4) is 0 Å². The Morgan fingerprint density at radius 3 is 2.69 bits per heavy atom. The van der Waals surface area contributed by atoms with Gasteiger partial charge in [-0.25, -0.2) is 8.42 Å². The summed E-state index contributed by atoms with van der Waals surface area (Å²) < 4.78 is 25.1. The van der Waals surface area contributed by atoms with Gasteiger partial charge in [-0.2, -0.15) is 0 Å². The number of carbonyl (C=O) groups excluding carboxylic acids is 1. The molecule has 1 atom stereocenters. The molecule has 3 rings (SSSR count). The van der Waals surface area contributed by atoms with Crippen LogP contribution in [0.3, 0.4) is 0 Å². The lowest BCUT2D eigenvalue weighted by Gasteiger charge is -2.17. The molecule has 0 aliphatic carbocycles. The van der Waals surface area contributed by atoms with Crippen LogP contribution >= 0.6 is 11.8 Å². The molecule has 26 heavy (non-hydrogen) atoms. The summed E-state index contributed by atoms with van der Waals surface area (Å²) in [6.45, 7) is 0.560. The van der Waals surface area contributed by atoms with Crippen LogP contribution in [0.4, 0.5) is 0 Å².